The molecule has 0 spiro atoms. The van der Waals surface area contributed by atoms with Gasteiger partial charge < -0.3 is 14.8 Å². The molecule has 2 aliphatic heterocycles. The van der Waals surface area contributed by atoms with Crippen LogP contribution >= 0.6 is 22.7 Å². The topological polar surface area (TPSA) is 111 Å². The van der Waals surface area contributed by atoms with Gasteiger partial charge in [-0.1, -0.05) is 36.9 Å². The zero-order valence-corrected chi connectivity index (χ0v) is 28.5. The van der Waals surface area contributed by atoms with Crippen molar-refractivity contribution in [3.8, 4) is 11.5 Å². The Morgan fingerprint density at radius 3 is 2.56 bits per heavy atom. The number of nitrogens with zero attached hydrogens (tertiary/aromatic N) is 3. The third-order valence-electron chi connectivity index (χ3n) is 8.22. The molecule has 1 fully saturated rings. The van der Waals surface area contributed by atoms with Crippen LogP contribution in [-0.2, 0) is 26.0 Å². The van der Waals surface area contributed by atoms with Crippen molar-refractivity contribution in [1.82, 2.24) is 14.3 Å². The van der Waals surface area contributed by atoms with Crippen molar-refractivity contribution in [2.75, 3.05) is 18.4 Å². The number of nitrogens with one attached hydrogen (secondary N) is 1. The largest absolute Gasteiger partial charge is 0.459 e. The van der Waals surface area contributed by atoms with Crippen LogP contribution in [0.3, 0.4) is 0 Å². The summed E-state index contributed by atoms with van der Waals surface area (Å²) in [5, 5.41) is 10.7. The Morgan fingerprint density at radius 1 is 1.02 bits per heavy atom. The Bertz CT molecular complexity index is 2220. The van der Waals surface area contributed by atoms with Crippen LogP contribution in [0.2, 0.25) is 0 Å². The summed E-state index contributed by atoms with van der Waals surface area (Å²) < 4.78 is 42.2. The van der Waals surface area contributed by atoms with E-state index in [1.165, 1.54) is 15.6 Å². The Balaban J connectivity index is 1.30. The van der Waals surface area contributed by atoms with Crippen molar-refractivity contribution in [2.45, 2.75) is 37.2 Å². The first-order valence-electron chi connectivity index (χ1n) is 15.4. The third kappa shape index (κ3) is 6.56. The summed E-state index contributed by atoms with van der Waals surface area (Å²) >= 11 is 3.10. The van der Waals surface area contributed by atoms with E-state index in [0.29, 0.717) is 41.9 Å². The minimum absolute atomic E-state index is 0.209. The molecule has 0 unspecified atom stereocenters. The number of piperidine rings is 1. The monoisotopic (exact) mass is 696 g/mol. The van der Waals surface area contributed by atoms with Crippen molar-refractivity contribution < 1.29 is 22.7 Å². The molecule has 0 aliphatic carbocycles. The average Bonchev–Trinajstić information content (AvgIpc) is 3.81. The lowest BCUT2D eigenvalue weighted by Gasteiger charge is -2.32. The number of anilines is 2. The first-order chi connectivity index (χ1) is 23.3. The van der Waals surface area contributed by atoms with E-state index >= 15 is 0 Å². The Kier molecular flexibility index (Phi) is 8.97. The van der Waals surface area contributed by atoms with E-state index in [2.05, 4.69) is 27.9 Å². The summed E-state index contributed by atoms with van der Waals surface area (Å²) in [6, 6.07) is 18.9. The number of hydrogen-bond acceptors (Lipinski definition) is 10. The van der Waals surface area contributed by atoms with E-state index in [1.807, 2.05) is 59.3 Å². The molecule has 2 aliphatic rings. The molecule has 0 radical (unpaired) electrons. The second-order valence-corrected chi connectivity index (χ2v) is 15.3. The molecule has 48 heavy (non-hydrogen) atoms. The number of carbonyl (C=O) groups is 1. The highest BCUT2D eigenvalue weighted by atomic mass is 32.2. The van der Waals surface area contributed by atoms with Gasteiger partial charge >= 0.3 is 5.97 Å². The molecule has 7 rings (SSSR count). The molecule has 12 heteroatoms. The lowest BCUT2D eigenvalue weighted by atomic mass is 9.92. The highest BCUT2D eigenvalue weighted by molar-refractivity contribution is 7.89. The van der Waals surface area contributed by atoms with E-state index in [9.17, 15) is 13.2 Å². The van der Waals surface area contributed by atoms with Gasteiger partial charge in [0, 0.05) is 81.9 Å². The second kappa shape index (κ2) is 13.5. The van der Waals surface area contributed by atoms with Crippen LogP contribution in [-0.4, -0.2) is 47.9 Å². The summed E-state index contributed by atoms with van der Waals surface area (Å²) in [4.78, 5) is 21.0. The smallest absolute Gasteiger partial charge is 0.333 e. The van der Waals surface area contributed by atoms with E-state index < -0.39 is 16.0 Å². The van der Waals surface area contributed by atoms with E-state index in [4.69, 9.17) is 9.47 Å². The van der Waals surface area contributed by atoms with Crippen LogP contribution in [0.25, 0.3) is 11.6 Å². The first-order valence-corrected chi connectivity index (χ1v) is 18.6. The van der Waals surface area contributed by atoms with Crippen LogP contribution in [0.15, 0.2) is 101 Å². The van der Waals surface area contributed by atoms with Crippen LogP contribution in [0.1, 0.15) is 35.9 Å². The highest BCUT2D eigenvalue weighted by Crippen LogP contribution is 2.40. The van der Waals surface area contributed by atoms with Crippen LogP contribution < -0.4 is 20.5 Å². The van der Waals surface area contributed by atoms with E-state index in [0.717, 1.165) is 37.4 Å². The van der Waals surface area contributed by atoms with Gasteiger partial charge in [-0.2, -0.15) is 4.31 Å². The number of carbonyl (C=O) groups excluding carboxylic acids is 1. The molecule has 5 aromatic rings. The zero-order valence-electron chi connectivity index (χ0n) is 26.1. The lowest BCUT2D eigenvalue weighted by molar-refractivity contribution is -0.145. The van der Waals surface area contributed by atoms with Gasteiger partial charge in [-0.25, -0.2) is 23.2 Å². The van der Waals surface area contributed by atoms with Crippen molar-refractivity contribution in [3.05, 3.63) is 123 Å². The molecule has 244 valence electrons. The molecule has 0 bridgehead atoms. The molecular formula is C36H32N4O5S3. The van der Waals surface area contributed by atoms with Gasteiger partial charge in [0.1, 0.15) is 17.6 Å². The zero-order chi connectivity index (χ0) is 33.3. The van der Waals surface area contributed by atoms with Gasteiger partial charge in [-0.15, -0.1) is 22.7 Å². The lowest BCUT2D eigenvalue weighted by Crippen LogP contribution is -2.41. The van der Waals surface area contributed by atoms with Gasteiger partial charge in [0.15, 0.2) is 5.13 Å². The number of fused-ring (bicyclic) bond motifs is 2. The summed E-state index contributed by atoms with van der Waals surface area (Å²) in [5.41, 5.74) is 3.25. The predicted molar refractivity (Wildman–Crippen MR) is 189 cm³/mol. The molecule has 1 N–H and O–H groups in total. The summed E-state index contributed by atoms with van der Waals surface area (Å²) in [6.45, 7) is 5.72. The van der Waals surface area contributed by atoms with Crippen LogP contribution in [0.4, 0.5) is 10.8 Å². The maximum absolute atomic E-state index is 14.3. The predicted octanol–water partition coefficient (Wildman–Crippen LogP) is 5.99. The van der Waals surface area contributed by atoms with Crippen LogP contribution in [0, 0.1) is 0 Å². The SMILES string of the molecule is C=C(C)C(=O)OC1CCN(S(=O)(=O)c2ccccc2C2=c3cc/c(=C\Cc4nccs4)cc3Oc3cc(Nc4nccs4)ccc32)CC1. The van der Waals surface area contributed by atoms with Gasteiger partial charge in [0.2, 0.25) is 10.0 Å². The molecular weight excluding hydrogens is 665 g/mol. The number of ether oxygens (including phenoxy) is 2. The number of benzene rings is 3. The average molecular weight is 697 g/mol. The van der Waals surface area contributed by atoms with Gasteiger partial charge in [0.25, 0.3) is 0 Å². The first kappa shape index (κ1) is 32.0. The fraction of sp³-hybridized carbons (Fsp3) is 0.194. The Morgan fingerprint density at radius 2 is 1.81 bits per heavy atom. The fourth-order valence-corrected chi connectivity index (χ4v) is 8.65. The van der Waals surface area contributed by atoms with E-state index in [-0.39, 0.29) is 24.1 Å². The summed E-state index contributed by atoms with van der Waals surface area (Å²) in [6.07, 6.45) is 6.79. The van der Waals surface area contributed by atoms with Crippen LogP contribution in [0.5, 0.6) is 11.5 Å². The maximum Gasteiger partial charge on any atom is 0.333 e. The molecule has 0 amide bonds. The second-order valence-electron chi connectivity index (χ2n) is 11.5. The molecule has 3 aromatic carbocycles. The van der Waals surface area contributed by atoms with Crippen molar-refractivity contribution in [3.63, 3.8) is 0 Å². The standard InChI is InChI=1S/C36H32N4O5S3/c1-23(2)35(41)44-26-13-17-40(18-14-26)48(42,43)32-6-4-3-5-29(32)34-27-10-7-24(8-12-33-37-15-19-46-33)21-30(27)45-31-22-25(9-11-28(31)34)39-36-38-16-20-47-36/h3-11,15-16,19-22,26H,1,12-14,17-18H2,2H3,(H,38,39)/b24-8+. The number of rotatable bonds is 9. The number of thiazole rings is 2. The molecule has 0 saturated carbocycles. The number of hydrogen-bond donors (Lipinski definition) is 1. The molecule has 4 heterocycles. The molecule has 0 atom stereocenters. The fourth-order valence-electron chi connectivity index (χ4n) is 5.85. The van der Waals surface area contributed by atoms with Crippen molar-refractivity contribution in [2.24, 2.45) is 0 Å². The Labute approximate surface area is 286 Å². The quantitative estimate of drug-likeness (QED) is 0.145. The van der Waals surface area contributed by atoms with Crippen molar-refractivity contribution in [1.29, 1.82) is 0 Å². The maximum atomic E-state index is 14.3. The highest BCUT2D eigenvalue weighted by Gasteiger charge is 2.34. The third-order valence-corrected chi connectivity index (χ3v) is 11.7. The minimum Gasteiger partial charge on any atom is -0.459 e. The van der Waals surface area contributed by atoms with Gasteiger partial charge in [-0.05, 0) is 55.3 Å². The van der Waals surface area contributed by atoms with Crippen molar-refractivity contribution >= 4 is 61.1 Å². The van der Waals surface area contributed by atoms with Gasteiger partial charge in [0.05, 0.1) is 9.90 Å². The van der Waals surface area contributed by atoms with Gasteiger partial charge in [-0.3, -0.25) is 0 Å². The summed E-state index contributed by atoms with van der Waals surface area (Å²) in [5.74, 6) is 0.774. The minimum atomic E-state index is -3.92. The summed E-state index contributed by atoms with van der Waals surface area (Å²) in [7, 11) is -3.92. The number of sulfonamides is 1. The number of aromatic nitrogens is 2. The molecule has 9 nitrogen and oxygen atoms in total. The normalized spacial score (nSPS) is 15.4. The number of esters is 1. The molecule has 1 saturated heterocycles. The molecule has 2 aromatic heterocycles. The van der Waals surface area contributed by atoms with E-state index in [1.54, 1.807) is 42.8 Å². The Hall–Kier alpha value is -4.62.